The number of benzene rings is 1. The van der Waals surface area contributed by atoms with Crippen LogP contribution in [0.25, 0.3) is 0 Å². The molecular weight excluding hydrogens is 250 g/mol. The number of nitrogens with zero attached hydrogens (tertiary/aromatic N) is 1. The second-order valence-corrected chi connectivity index (χ2v) is 5.77. The van der Waals surface area contributed by atoms with Crippen molar-refractivity contribution in [3.05, 3.63) is 35.4 Å². The van der Waals surface area contributed by atoms with Crippen molar-refractivity contribution in [2.45, 2.75) is 56.8 Å². The molecule has 0 atom stereocenters. The fraction of sp³-hybridized carbons (Fsp3) is 0.529. The van der Waals surface area contributed by atoms with Crippen molar-refractivity contribution in [1.29, 1.82) is 5.26 Å². The van der Waals surface area contributed by atoms with Crippen LogP contribution in [0, 0.1) is 11.3 Å². The maximum Gasteiger partial charge on any atom is 0.303 e. The van der Waals surface area contributed by atoms with Crippen LogP contribution < -0.4 is 0 Å². The van der Waals surface area contributed by atoms with E-state index in [9.17, 15) is 4.79 Å². The van der Waals surface area contributed by atoms with Gasteiger partial charge in [0.05, 0.1) is 12.5 Å². The SMILES string of the molecule is N#CCc1ccc(C2(CCC(=O)O)CCCCC2)cc1. The standard InChI is InChI=1S/C17H21NO2/c18-13-9-14-4-6-15(7-5-14)17(12-8-16(19)20)10-2-1-3-11-17/h4-7H,1-3,8-12H2,(H,19,20). The van der Waals surface area contributed by atoms with Crippen LogP contribution >= 0.6 is 0 Å². The third kappa shape index (κ3) is 3.39. The van der Waals surface area contributed by atoms with E-state index in [1.165, 1.54) is 24.8 Å². The van der Waals surface area contributed by atoms with Gasteiger partial charge in [0, 0.05) is 6.42 Å². The highest BCUT2D eigenvalue weighted by molar-refractivity contribution is 5.66. The Morgan fingerprint density at radius 3 is 2.40 bits per heavy atom. The monoisotopic (exact) mass is 271 g/mol. The zero-order valence-corrected chi connectivity index (χ0v) is 11.8. The van der Waals surface area contributed by atoms with E-state index in [0.29, 0.717) is 6.42 Å². The summed E-state index contributed by atoms with van der Waals surface area (Å²) in [4.78, 5) is 10.9. The molecule has 3 nitrogen and oxygen atoms in total. The van der Waals surface area contributed by atoms with Crippen LogP contribution in [0.5, 0.6) is 0 Å². The Kier molecular flexibility index (Phi) is 4.79. The molecule has 0 saturated heterocycles. The largest absolute Gasteiger partial charge is 0.481 e. The summed E-state index contributed by atoms with van der Waals surface area (Å²) in [6.45, 7) is 0. The van der Waals surface area contributed by atoms with Gasteiger partial charge in [-0.15, -0.1) is 0 Å². The predicted octanol–water partition coefficient (Wildman–Crippen LogP) is 3.82. The van der Waals surface area contributed by atoms with Crippen molar-refractivity contribution in [2.75, 3.05) is 0 Å². The lowest BCUT2D eigenvalue weighted by Crippen LogP contribution is -2.29. The van der Waals surface area contributed by atoms with Crippen LogP contribution in [0.1, 0.15) is 56.1 Å². The lowest BCUT2D eigenvalue weighted by atomic mass is 9.67. The van der Waals surface area contributed by atoms with Crippen molar-refractivity contribution in [1.82, 2.24) is 0 Å². The Morgan fingerprint density at radius 2 is 1.85 bits per heavy atom. The number of aliphatic carboxylic acids is 1. The Bertz CT molecular complexity index is 493. The maximum atomic E-state index is 10.9. The normalized spacial score (nSPS) is 17.4. The first-order valence-electron chi connectivity index (χ1n) is 7.34. The summed E-state index contributed by atoms with van der Waals surface area (Å²) in [6.07, 6.45) is 7.17. The molecule has 1 saturated carbocycles. The minimum atomic E-state index is -0.712. The highest BCUT2D eigenvalue weighted by atomic mass is 16.4. The summed E-state index contributed by atoms with van der Waals surface area (Å²) in [5.41, 5.74) is 2.31. The van der Waals surface area contributed by atoms with Crippen molar-refractivity contribution in [3.8, 4) is 6.07 Å². The number of carboxylic acid groups (broad SMARTS) is 1. The van der Waals surface area contributed by atoms with Crippen molar-refractivity contribution < 1.29 is 9.90 Å². The molecule has 0 spiro atoms. The van der Waals surface area contributed by atoms with Gasteiger partial charge in [0.2, 0.25) is 0 Å². The van der Waals surface area contributed by atoms with Gasteiger partial charge >= 0.3 is 5.97 Å². The van der Waals surface area contributed by atoms with E-state index >= 15 is 0 Å². The van der Waals surface area contributed by atoms with Crippen molar-refractivity contribution in [2.24, 2.45) is 0 Å². The molecule has 1 aromatic rings. The van der Waals surface area contributed by atoms with E-state index in [1.54, 1.807) is 0 Å². The highest BCUT2D eigenvalue weighted by Gasteiger charge is 2.33. The van der Waals surface area contributed by atoms with E-state index in [0.717, 1.165) is 24.8 Å². The van der Waals surface area contributed by atoms with Gasteiger partial charge in [-0.2, -0.15) is 5.26 Å². The van der Waals surface area contributed by atoms with Gasteiger partial charge < -0.3 is 5.11 Å². The smallest absolute Gasteiger partial charge is 0.303 e. The summed E-state index contributed by atoms with van der Waals surface area (Å²) in [5, 5.41) is 17.7. The Balaban J connectivity index is 2.21. The van der Waals surface area contributed by atoms with E-state index in [2.05, 4.69) is 18.2 Å². The van der Waals surface area contributed by atoms with Gasteiger partial charge in [0.15, 0.2) is 0 Å². The fourth-order valence-electron chi connectivity index (χ4n) is 3.33. The van der Waals surface area contributed by atoms with Gasteiger partial charge in [0.1, 0.15) is 0 Å². The molecular formula is C17H21NO2. The minimum absolute atomic E-state index is 0.0296. The molecule has 1 fully saturated rings. The molecule has 20 heavy (non-hydrogen) atoms. The van der Waals surface area contributed by atoms with Gasteiger partial charge in [-0.3, -0.25) is 4.79 Å². The highest BCUT2D eigenvalue weighted by Crippen LogP contribution is 2.43. The summed E-state index contributed by atoms with van der Waals surface area (Å²) in [7, 11) is 0. The topological polar surface area (TPSA) is 61.1 Å². The molecule has 0 unspecified atom stereocenters. The second kappa shape index (κ2) is 6.56. The third-order valence-electron chi connectivity index (χ3n) is 4.48. The molecule has 0 amide bonds. The average molecular weight is 271 g/mol. The fourth-order valence-corrected chi connectivity index (χ4v) is 3.33. The lowest BCUT2D eigenvalue weighted by molar-refractivity contribution is -0.137. The number of rotatable bonds is 5. The third-order valence-corrected chi connectivity index (χ3v) is 4.48. The Morgan fingerprint density at radius 1 is 1.20 bits per heavy atom. The first-order chi connectivity index (χ1) is 9.66. The van der Waals surface area contributed by atoms with Crippen LogP contribution in [0.2, 0.25) is 0 Å². The molecule has 1 aromatic carbocycles. The molecule has 106 valence electrons. The van der Waals surface area contributed by atoms with E-state index < -0.39 is 5.97 Å². The van der Waals surface area contributed by atoms with Crippen LogP contribution in [0.15, 0.2) is 24.3 Å². The Hall–Kier alpha value is -1.82. The van der Waals surface area contributed by atoms with Crippen LogP contribution in [-0.4, -0.2) is 11.1 Å². The van der Waals surface area contributed by atoms with Gasteiger partial charge in [-0.1, -0.05) is 43.5 Å². The van der Waals surface area contributed by atoms with E-state index in [4.69, 9.17) is 10.4 Å². The number of hydrogen-bond donors (Lipinski definition) is 1. The molecule has 2 rings (SSSR count). The Labute approximate surface area is 120 Å². The number of carboxylic acids is 1. The summed E-state index contributed by atoms with van der Waals surface area (Å²) in [6, 6.07) is 10.4. The number of carbonyl (C=O) groups is 1. The van der Waals surface area contributed by atoms with Crippen molar-refractivity contribution >= 4 is 5.97 Å². The summed E-state index contributed by atoms with van der Waals surface area (Å²) >= 11 is 0. The van der Waals surface area contributed by atoms with E-state index in [-0.39, 0.29) is 11.8 Å². The minimum Gasteiger partial charge on any atom is -0.481 e. The molecule has 0 bridgehead atoms. The van der Waals surface area contributed by atoms with Crippen LogP contribution in [-0.2, 0) is 16.6 Å². The quantitative estimate of drug-likeness (QED) is 0.885. The molecule has 0 radical (unpaired) electrons. The predicted molar refractivity (Wildman–Crippen MR) is 77.4 cm³/mol. The molecule has 3 heteroatoms. The first-order valence-corrected chi connectivity index (χ1v) is 7.34. The first kappa shape index (κ1) is 14.6. The molecule has 1 N–H and O–H groups in total. The second-order valence-electron chi connectivity index (χ2n) is 5.77. The van der Waals surface area contributed by atoms with Gasteiger partial charge in [-0.25, -0.2) is 0 Å². The molecule has 0 aliphatic heterocycles. The van der Waals surface area contributed by atoms with Crippen LogP contribution in [0.3, 0.4) is 0 Å². The molecule has 1 aliphatic carbocycles. The maximum absolute atomic E-state index is 10.9. The number of hydrogen-bond acceptors (Lipinski definition) is 2. The molecule has 0 heterocycles. The van der Waals surface area contributed by atoms with Gasteiger partial charge in [-0.05, 0) is 35.8 Å². The average Bonchev–Trinajstić information content (AvgIpc) is 2.47. The molecule has 0 aromatic heterocycles. The summed E-state index contributed by atoms with van der Waals surface area (Å²) in [5.74, 6) is -0.712. The number of nitriles is 1. The van der Waals surface area contributed by atoms with E-state index in [1.807, 2.05) is 12.1 Å². The summed E-state index contributed by atoms with van der Waals surface area (Å²) < 4.78 is 0. The zero-order chi connectivity index (χ0) is 14.4. The van der Waals surface area contributed by atoms with Gasteiger partial charge in [0.25, 0.3) is 0 Å². The molecule has 1 aliphatic rings. The lowest BCUT2D eigenvalue weighted by Gasteiger charge is -2.38. The zero-order valence-electron chi connectivity index (χ0n) is 11.8. The van der Waals surface area contributed by atoms with Crippen molar-refractivity contribution in [3.63, 3.8) is 0 Å². The van der Waals surface area contributed by atoms with Crippen LogP contribution in [0.4, 0.5) is 0 Å².